The molecule has 0 aliphatic rings. The first-order valence-electron chi connectivity index (χ1n) is 6.71. The molecule has 18 heavy (non-hydrogen) atoms. The molecule has 1 amide bonds. The lowest BCUT2D eigenvalue weighted by Crippen LogP contribution is -2.44. The van der Waals surface area contributed by atoms with Gasteiger partial charge < -0.3 is 4.90 Å². The van der Waals surface area contributed by atoms with Gasteiger partial charge in [0.25, 0.3) is 0 Å². The summed E-state index contributed by atoms with van der Waals surface area (Å²) in [6.07, 6.45) is 0.558. The highest BCUT2D eigenvalue weighted by molar-refractivity contribution is 7.14. The maximum atomic E-state index is 12.1. The van der Waals surface area contributed by atoms with Crippen molar-refractivity contribution in [2.24, 2.45) is 0 Å². The second-order valence-corrected chi connectivity index (χ2v) is 5.31. The number of carbonyl (C=O) groups is 1. The Morgan fingerprint density at radius 2 is 2.00 bits per heavy atom. The summed E-state index contributed by atoms with van der Waals surface area (Å²) in [4.78, 5) is 16.4. The maximum Gasteiger partial charge on any atom is 0.227 e. The number of likely N-dealkylation sites (N-methyl/N-ethyl adjacent to an activating group) is 1. The fourth-order valence-corrected chi connectivity index (χ4v) is 2.91. The topological polar surface area (TPSA) is 23.6 Å². The molecule has 3 nitrogen and oxygen atoms in total. The van der Waals surface area contributed by atoms with Crippen molar-refractivity contribution in [1.82, 2.24) is 4.90 Å². The fraction of sp³-hybridized carbons (Fsp3) is 0.643. The molecule has 1 unspecified atom stereocenters. The zero-order chi connectivity index (χ0) is 13.5. The van der Waals surface area contributed by atoms with Gasteiger partial charge in [0.15, 0.2) is 0 Å². The Morgan fingerprint density at radius 3 is 2.44 bits per heavy atom. The van der Waals surface area contributed by atoms with Crippen LogP contribution in [0.3, 0.4) is 0 Å². The van der Waals surface area contributed by atoms with Gasteiger partial charge in [0, 0.05) is 19.0 Å². The quantitative estimate of drug-likeness (QED) is 0.758. The summed E-state index contributed by atoms with van der Waals surface area (Å²) in [5.41, 5.74) is 0. The second kappa shape index (κ2) is 7.54. The Kier molecular flexibility index (Phi) is 6.36. The van der Waals surface area contributed by atoms with Gasteiger partial charge in [0.05, 0.1) is 5.00 Å². The summed E-state index contributed by atoms with van der Waals surface area (Å²) in [5.74, 6) is 0.205. The van der Waals surface area contributed by atoms with Crippen molar-refractivity contribution < 1.29 is 4.79 Å². The molecule has 0 spiro atoms. The van der Waals surface area contributed by atoms with Crippen LogP contribution in [0.5, 0.6) is 0 Å². The van der Waals surface area contributed by atoms with Gasteiger partial charge in [-0.05, 0) is 37.5 Å². The van der Waals surface area contributed by atoms with Gasteiger partial charge in [-0.3, -0.25) is 9.69 Å². The zero-order valence-corrected chi connectivity index (χ0v) is 12.7. The van der Waals surface area contributed by atoms with Gasteiger partial charge in [0.1, 0.15) is 0 Å². The lowest BCUT2D eigenvalue weighted by atomic mass is 10.2. The van der Waals surface area contributed by atoms with E-state index in [0.717, 1.165) is 24.6 Å². The largest absolute Gasteiger partial charge is 0.302 e. The summed E-state index contributed by atoms with van der Waals surface area (Å²) < 4.78 is 0. The third-order valence-electron chi connectivity index (χ3n) is 3.26. The van der Waals surface area contributed by atoms with E-state index in [2.05, 4.69) is 25.7 Å². The van der Waals surface area contributed by atoms with Crippen molar-refractivity contribution >= 4 is 22.2 Å². The Hall–Kier alpha value is -0.870. The van der Waals surface area contributed by atoms with E-state index in [1.165, 1.54) is 0 Å². The van der Waals surface area contributed by atoms with E-state index in [1.807, 2.05) is 29.3 Å². The molecule has 1 atom stereocenters. The first kappa shape index (κ1) is 15.2. The molecular formula is C14H24N2OS. The minimum absolute atomic E-state index is 0.205. The van der Waals surface area contributed by atoms with Crippen LogP contribution in [0, 0.1) is 0 Å². The molecule has 0 aromatic carbocycles. The third kappa shape index (κ3) is 3.82. The van der Waals surface area contributed by atoms with Crippen LogP contribution >= 0.6 is 11.3 Å². The maximum absolute atomic E-state index is 12.1. The third-order valence-corrected chi connectivity index (χ3v) is 4.15. The van der Waals surface area contributed by atoms with Crippen molar-refractivity contribution in [3.05, 3.63) is 17.5 Å². The Labute approximate surface area is 114 Å². The first-order valence-corrected chi connectivity index (χ1v) is 7.59. The van der Waals surface area contributed by atoms with Crippen LogP contribution in [-0.4, -0.2) is 36.5 Å². The minimum atomic E-state index is 0.205. The van der Waals surface area contributed by atoms with Crippen molar-refractivity contribution in [3.63, 3.8) is 0 Å². The molecule has 0 N–H and O–H groups in total. The molecule has 1 aromatic heterocycles. The van der Waals surface area contributed by atoms with Crippen LogP contribution in [0.4, 0.5) is 5.00 Å². The summed E-state index contributed by atoms with van der Waals surface area (Å²) in [6.45, 7) is 11.3. The molecule has 0 aliphatic heterocycles. The average Bonchev–Trinajstić information content (AvgIpc) is 2.90. The number of thiophene rings is 1. The molecule has 0 aliphatic carbocycles. The van der Waals surface area contributed by atoms with Gasteiger partial charge in [-0.2, -0.15) is 0 Å². The van der Waals surface area contributed by atoms with Gasteiger partial charge in [0.2, 0.25) is 5.91 Å². The van der Waals surface area contributed by atoms with Crippen molar-refractivity contribution in [2.45, 2.75) is 40.2 Å². The summed E-state index contributed by atoms with van der Waals surface area (Å²) in [7, 11) is 0. The molecule has 0 fully saturated rings. The van der Waals surface area contributed by atoms with E-state index in [1.54, 1.807) is 11.3 Å². The van der Waals surface area contributed by atoms with E-state index in [-0.39, 0.29) is 5.91 Å². The van der Waals surface area contributed by atoms with E-state index >= 15 is 0 Å². The highest BCUT2D eigenvalue weighted by Crippen LogP contribution is 2.22. The van der Waals surface area contributed by atoms with Crippen LogP contribution < -0.4 is 4.90 Å². The van der Waals surface area contributed by atoms with Crippen molar-refractivity contribution in [3.8, 4) is 0 Å². The molecule has 102 valence electrons. The monoisotopic (exact) mass is 268 g/mol. The van der Waals surface area contributed by atoms with Crippen molar-refractivity contribution in [1.29, 1.82) is 0 Å². The number of carbonyl (C=O) groups excluding carboxylic acids is 1. The average molecular weight is 268 g/mol. The Bertz CT molecular complexity index is 347. The smallest absolute Gasteiger partial charge is 0.227 e. The molecule has 1 aromatic rings. The Balaban J connectivity index is 2.76. The summed E-state index contributed by atoms with van der Waals surface area (Å²) in [5, 5.41) is 3.08. The normalized spacial score (nSPS) is 12.7. The predicted octanol–water partition coefficient (Wildman–Crippen LogP) is 3.22. The molecule has 0 saturated heterocycles. The lowest BCUT2D eigenvalue weighted by molar-refractivity contribution is -0.118. The van der Waals surface area contributed by atoms with Gasteiger partial charge in [-0.25, -0.2) is 0 Å². The Morgan fingerprint density at radius 1 is 1.33 bits per heavy atom. The molecule has 1 heterocycles. The molecule has 0 radical (unpaired) electrons. The number of rotatable bonds is 7. The first-order chi connectivity index (χ1) is 8.63. The fourth-order valence-electron chi connectivity index (χ4n) is 2.16. The highest BCUT2D eigenvalue weighted by Gasteiger charge is 2.20. The number of amides is 1. The molecular weight excluding hydrogens is 244 g/mol. The number of nitrogens with zero attached hydrogens (tertiary/aromatic N) is 2. The van der Waals surface area contributed by atoms with Gasteiger partial charge in [-0.15, -0.1) is 11.3 Å². The van der Waals surface area contributed by atoms with Crippen LogP contribution in [-0.2, 0) is 4.79 Å². The predicted molar refractivity (Wildman–Crippen MR) is 79.3 cm³/mol. The van der Waals surface area contributed by atoms with E-state index in [0.29, 0.717) is 12.5 Å². The number of hydrogen-bond donors (Lipinski definition) is 0. The van der Waals surface area contributed by atoms with Gasteiger partial charge in [-0.1, -0.05) is 20.8 Å². The van der Waals surface area contributed by atoms with E-state index < -0.39 is 0 Å². The van der Waals surface area contributed by atoms with Gasteiger partial charge >= 0.3 is 0 Å². The molecule has 4 heteroatoms. The zero-order valence-electron chi connectivity index (χ0n) is 11.8. The van der Waals surface area contributed by atoms with Crippen LogP contribution in [0.15, 0.2) is 17.5 Å². The molecule has 0 bridgehead atoms. The van der Waals surface area contributed by atoms with Crippen LogP contribution in [0.1, 0.15) is 34.1 Å². The standard InChI is InChI=1S/C14H24N2OS/c1-5-13(17)16(14-9-8-10-18-14)11-12(4)15(6-2)7-3/h8-10,12H,5-7,11H2,1-4H3. The number of anilines is 1. The van der Waals surface area contributed by atoms with Crippen LogP contribution in [0.25, 0.3) is 0 Å². The minimum Gasteiger partial charge on any atom is -0.302 e. The molecule has 0 saturated carbocycles. The van der Waals surface area contributed by atoms with E-state index in [4.69, 9.17) is 0 Å². The van der Waals surface area contributed by atoms with Crippen LogP contribution in [0.2, 0.25) is 0 Å². The molecule has 1 rings (SSSR count). The van der Waals surface area contributed by atoms with Crippen molar-refractivity contribution in [2.75, 3.05) is 24.5 Å². The SMILES string of the molecule is CCC(=O)N(CC(C)N(CC)CC)c1cccs1. The summed E-state index contributed by atoms with van der Waals surface area (Å²) in [6, 6.07) is 4.41. The summed E-state index contributed by atoms with van der Waals surface area (Å²) >= 11 is 1.63. The lowest BCUT2D eigenvalue weighted by Gasteiger charge is -2.31. The highest BCUT2D eigenvalue weighted by atomic mass is 32.1. The second-order valence-electron chi connectivity index (χ2n) is 4.38. The number of hydrogen-bond acceptors (Lipinski definition) is 3. The van der Waals surface area contributed by atoms with E-state index in [9.17, 15) is 4.79 Å².